The lowest BCUT2D eigenvalue weighted by Crippen LogP contribution is -2.39. The average molecular weight is 233 g/mol. The number of fused-ring (bicyclic) bond motifs is 2. The SMILES string of the molecule is COc1cccc2c1NC(=O)C21CCOCC1. The molecule has 0 saturated carbocycles. The number of carbonyl (C=O) groups excluding carboxylic acids is 1. The first-order chi connectivity index (χ1) is 8.28. The molecule has 0 atom stereocenters. The molecule has 1 spiro atoms. The summed E-state index contributed by atoms with van der Waals surface area (Å²) in [6.45, 7) is 1.29. The van der Waals surface area contributed by atoms with Gasteiger partial charge in [0.1, 0.15) is 5.75 Å². The molecular weight excluding hydrogens is 218 g/mol. The Bertz CT molecular complexity index is 464. The van der Waals surface area contributed by atoms with Gasteiger partial charge in [-0.05, 0) is 24.5 Å². The second-order valence-corrected chi connectivity index (χ2v) is 4.53. The Kier molecular flexibility index (Phi) is 2.33. The third-order valence-corrected chi connectivity index (χ3v) is 3.78. The monoisotopic (exact) mass is 233 g/mol. The molecule has 0 unspecified atom stereocenters. The highest BCUT2D eigenvalue weighted by Gasteiger charge is 2.48. The normalized spacial score (nSPS) is 21.1. The van der Waals surface area contributed by atoms with Gasteiger partial charge in [0.15, 0.2) is 0 Å². The Hall–Kier alpha value is -1.55. The van der Waals surface area contributed by atoms with E-state index in [1.54, 1.807) is 7.11 Å². The van der Waals surface area contributed by atoms with Crippen LogP contribution in [0.15, 0.2) is 18.2 Å². The van der Waals surface area contributed by atoms with Crippen molar-refractivity contribution in [1.29, 1.82) is 0 Å². The number of para-hydroxylation sites is 1. The molecule has 1 saturated heterocycles. The molecule has 4 nitrogen and oxygen atoms in total. The first-order valence-electron chi connectivity index (χ1n) is 5.84. The fourth-order valence-electron chi connectivity index (χ4n) is 2.80. The number of carbonyl (C=O) groups is 1. The van der Waals surface area contributed by atoms with E-state index in [0.717, 1.165) is 29.8 Å². The number of methoxy groups -OCH3 is 1. The molecule has 0 aliphatic carbocycles. The van der Waals surface area contributed by atoms with Crippen LogP contribution in [0.5, 0.6) is 5.75 Å². The molecule has 3 rings (SSSR count). The van der Waals surface area contributed by atoms with Crippen LogP contribution >= 0.6 is 0 Å². The van der Waals surface area contributed by atoms with Gasteiger partial charge in [-0.25, -0.2) is 0 Å². The van der Waals surface area contributed by atoms with Gasteiger partial charge >= 0.3 is 0 Å². The molecular formula is C13H15NO3. The maximum Gasteiger partial charge on any atom is 0.235 e. The predicted octanol–water partition coefficient (Wildman–Crippen LogP) is 1.70. The van der Waals surface area contributed by atoms with E-state index in [9.17, 15) is 4.79 Å². The lowest BCUT2D eigenvalue weighted by molar-refractivity contribution is -0.124. The van der Waals surface area contributed by atoms with E-state index in [4.69, 9.17) is 9.47 Å². The second-order valence-electron chi connectivity index (χ2n) is 4.53. The summed E-state index contributed by atoms with van der Waals surface area (Å²) in [4.78, 5) is 12.3. The van der Waals surface area contributed by atoms with Gasteiger partial charge in [-0.3, -0.25) is 4.79 Å². The number of anilines is 1. The number of nitrogens with one attached hydrogen (secondary N) is 1. The van der Waals surface area contributed by atoms with Crippen molar-refractivity contribution >= 4 is 11.6 Å². The van der Waals surface area contributed by atoms with Crippen LogP contribution < -0.4 is 10.1 Å². The molecule has 0 bridgehead atoms. The maximum absolute atomic E-state index is 12.3. The van der Waals surface area contributed by atoms with E-state index in [1.165, 1.54) is 0 Å². The van der Waals surface area contributed by atoms with Crippen molar-refractivity contribution in [3.63, 3.8) is 0 Å². The Balaban J connectivity index is 2.13. The summed E-state index contributed by atoms with van der Waals surface area (Å²) in [6, 6.07) is 5.83. The van der Waals surface area contributed by atoms with Crippen LogP contribution in [0.1, 0.15) is 18.4 Å². The van der Waals surface area contributed by atoms with Gasteiger partial charge in [0.25, 0.3) is 0 Å². The van der Waals surface area contributed by atoms with Crippen LogP contribution in [0.3, 0.4) is 0 Å². The highest BCUT2D eigenvalue weighted by Crippen LogP contribution is 2.47. The molecule has 0 aromatic heterocycles. The lowest BCUT2D eigenvalue weighted by Gasteiger charge is -2.31. The number of ether oxygens (including phenoxy) is 2. The zero-order valence-electron chi connectivity index (χ0n) is 9.79. The molecule has 1 N–H and O–H groups in total. The van der Waals surface area contributed by atoms with Crippen LogP contribution in [0, 0.1) is 0 Å². The van der Waals surface area contributed by atoms with E-state index in [-0.39, 0.29) is 5.91 Å². The van der Waals surface area contributed by atoms with Gasteiger partial charge in [0.2, 0.25) is 5.91 Å². The molecule has 0 radical (unpaired) electrons. The lowest BCUT2D eigenvalue weighted by atomic mass is 9.75. The third-order valence-electron chi connectivity index (χ3n) is 3.78. The standard InChI is InChI=1S/C13H15NO3/c1-16-10-4-2-3-9-11(10)14-12(15)13(9)5-7-17-8-6-13/h2-4H,5-8H2,1H3,(H,14,15). The van der Waals surface area contributed by atoms with E-state index in [1.807, 2.05) is 18.2 Å². The third kappa shape index (κ3) is 1.37. The predicted molar refractivity (Wildman–Crippen MR) is 63.4 cm³/mol. The van der Waals surface area contributed by atoms with Crippen molar-refractivity contribution in [3.8, 4) is 5.75 Å². The van der Waals surface area contributed by atoms with Crippen molar-refractivity contribution in [2.75, 3.05) is 25.6 Å². The first kappa shape index (κ1) is 10.6. The van der Waals surface area contributed by atoms with E-state index in [0.29, 0.717) is 13.2 Å². The number of amides is 1. The molecule has 1 aromatic carbocycles. The molecule has 1 amide bonds. The molecule has 2 heterocycles. The minimum atomic E-state index is -0.401. The minimum Gasteiger partial charge on any atom is -0.495 e. The van der Waals surface area contributed by atoms with E-state index < -0.39 is 5.41 Å². The zero-order chi connectivity index (χ0) is 11.9. The molecule has 2 aliphatic rings. The summed E-state index contributed by atoms with van der Waals surface area (Å²) >= 11 is 0. The number of hydrogen-bond acceptors (Lipinski definition) is 3. The molecule has 17 heavy (non-hydrogen) atoms. The molecule has 1 fully saturated rings. The minimum absolute atomic E-state index is 0.0836. The van der Waals surface area contributed by atoms with Crippen LogP contribution in [-0.2, 0) is 14.9 Å². The zero-order valence-corrected chi connectivity index (χ0v) is 9.79. The summed E-state index contributed by atoms with van der Waals surface area (Å²) in [6.07, 6.45) is 1.50. The highest BCUT2D eigenvalue weighted by atomic mass is 16.5. The molecule has 1 aromatic rings. The number of benzene rings is 1. The van der Waals surface area contributed by atoms with E-state index in [2.05, 4.69) is 5.32 Å². The van der Waals surface area contributed by atoms with E-state index >= 15 is 0 Å². The average Bonchev–Trinajstić information content (AvgIpc) is 2.64. The summed E-state index contributed by atoms with van der Waals surface area (Å²) in [5.74, 6) is 0.819. The van der Waals surface area contributed by atoms with Gasteiger partial charge in [-0.2, -0.15) is 0 Å². The van der Waals surface area contributed by atoms with Crippen molar-refractivity contribution in [2.24, 2.45) is 0 Å². The molecule has 4 heteroatoms. The van der Waals surface area contributed by atoms with Gasteiger partial charge in [-0.1, -0.05) is 12.1 Å². The molecule has 90 valence electrons. The number of hydrogen-bond donors (Lipinski definition) is 1. The van der Waals surface area contributed by atoms with Gasteiger partial charge in [0.05, 0.1) is 18.2 Å². The summed E-state index contributed by atoms with van der Waals surface area (Å²) < 4.78 is 10.7. The quantitative estimate of drug-likeness (QED) is 0.803. The van der Waals surface area contributed by atoms with Gasteiger partial charge in [-0.15, -0.1) is 0 Å². The number of rotatable bonds is 1. The van der Waals surface area contributed by atoms with Crippen molar-refractivity contribution in [2.45, 2.75) is 18.3 Å². The summed E-state index contributed by atoms with van der Waals surface area (Å²) in [5, 5.41) is 2.96. The molecule has 2 aliphatic heterocycles. The summed E-state index contributed by atoms with van der Waals surface area (Å²) in [5.41, 5.74) is 1.49. The van der Waals surface area contributed by atoms with Crippen LogP contribution in [0.25, 0.3) is 0 Å². The van der Waals surface area contributed by atoms with Crippen LogP contribution in [0.4, 0.5) is 5.69 Å². The Morgan fingerprint density at radius 2 is 2.12 bits per heavy atom. The fourth-order valence-corrected chi connectivity index (χ4v) is 2.80. The topological polar surface area (TPSA) is 47.6 Å². The smallest absolute Gasteiger partial charge is 0.235 e. The van der Waals surface area contributed by atoms with Crippen molar-refractivity contribution in [1.82, 2.24) is 0 Å². The summed E-state index contributed by atoms with van der Waals surface area (Å²) in [7, 11) is 1.62. The Morgan fingerprint density at radius 3 is 2.82 bits per heavy atom. The van der Waals surface area contributed by atoms with Crippen molar-refractivity contribution in [3.05, 3.63) is 23.8 Å². The van der Waals surface area contributed by atoms with Gasteiger partial charge < -0.3 is 14.8 Å². The van der Waals surface area contributed by atoms with Gasteiger partial charge in [0, 0.05) is 13.2 Å². The van der Waals surface area contributed by atoms with Crippen LogP contribution in [-0.4, -0.2) is 26.2 Å². The first-order valence-corrected chi connectivity index (χ1v) is 5.84. The maximum atomic E-state index is 12.3. The highest BCUT2D eigenvalue weighted by molar-refractivity contribution is 6.07. The van der Waals surface area contributed by atoms with Crippen molar-refractivity contribution < 1.29 is 14.3 Å². The Labute approximate surface area is 99.9 Å². The van der Waals surface area contributed by atoms with Crippen LogP contribution in [0.2, 0.25) is 0 Å². The second kappa shape index (κ2) is 3.74. The Morgan fingerprint density at radius 1 is 1.35 bits per heavy atom. The largest absolute Gasteiger partial charge is 0.495 e. The fraction of sp³-hybridized carbons (Fsp3) is 0.462.